The maximum Gasteiger partial charge on any atom is 0.0602 e. The minimum atomic E-state index is 0.512. The Morgan fingerprint density at radius 3 is 2.93 bits per heavy atom. The fraction of sp³-hybridized carbons (Fsp3) is 0.846. The second kappa shape index (κ2) is 5.01. The summed E-state index contributed by atoms with van der Waals surface area (Å²) in [6.07, 6.45) is 2.80. The quantitative estimate of drug-likeness (QED) is 0.599. The molecule has 2 nitrogen and oxygen atoms in total. The Hall–Kier alpha value is -0.520. The van der Waals surface area contributed by atoms with Crippen molar-refractivity contribution in [2.75, 3.05) is 32.7 Å². The van der Waals surface area contributed by atoms with Crippen molar-refractivity contribution in [2.24, 2.45) is 5.92 Å². The van der Waals surface area contributed by atoms with Gasteiger partial charge in [0.1, 0.15) is 0 Å². The van der Waals surface area contributed by atoms with Crippen LogP contribution in [0.1, 0.15) is 26.7 Å². The largest absolute Gasteiger partial charge is 0.298 e. The van der Waals surface area contributed by atoms with Gasteiger partial charge < -0.3 is 0 Å². The third kappa shape index (κ3) is 2.96. The lowest BCUT2D eigenvalue weighted by molar-refractivity contribution is 0.115. The van der Waals surface area contributed by atoms with E-state index in [4.69, 9.17) is 0 Å². The molecular formula is C13H22N2. The predicted octanol–water partition coefficient (Wildman–Crippen LogP) is 1.43. The Balaban J connectivity index is 1.78. The Morgan fingerprint density at radius 1 is 1.27 bits per heavy atom. The van der Waals surface area contributed by atoms with E-state index < -0.39 is 0 Å². The summed E-state index contributed by atoms with van der Waals surface area (Å²) in [7, 11) is 0. The van der Waals surface area contributed by atoms with Crippen molar-refractivity contribution in [3.8, 4) is 11.8 Å². The van der Waals surface area contributed by atoms with Crippen molar-refractivity contribution < 1.29 is 0 Å². The SMILES string of the molecule is CC(C)C#CCN1CCN2CCCC2C1. The van der Waals surface area contributed by atoms with Crippen LogP contribution in [0.25, 0.3) is 0 Å². The van der Waals surface area contributed by atoms with Crippen molar-refractivity contribution >= 4 is 0 Å². The van der Waals surface area contributed by atoms with Crippen LogP contribution in [0.15, 0.2) is 0 Å². The van der Waals surface area contributed by atoms with E-state index >= 15 is 0 Å². The van der Waals surface area contributed by atoms with Crippen LogP contribution in [0, 0.1) is 17.8 Å². The van der Waals surface area contributed by atoms with Crippen molar-refractivity contribution in [3.63, 3.8) is 0 Å². The van der Waals surface area contributed by atoms with Gasteiger partial charge in [-0.2, -0.15) is 0 Å². The molecule has 0 amide bonds. The molecule has 1 unspecified atom stereocenters. The molecular weight excluding hydrogens is 184 g/mol. The van der Waals surface area contributed by atoms with Gasteiger partial charge in [0.15, 0.2) is 0 Å². The van der Waals surface area contributed by atoms with Crippen LogP contribution in [0.3, 0.4) is 0 Å². The first kappa shape index (κ1) is 11.0. The first-order valence-electron chi connectivity index (χ1n) is 6.20. The molecule has 2 saturated heterocycles. The van der Waals surface area contributed by atoms with Gasteiger partial charge in [-0.3, -0.25) is 9.80 Å². The zero-order chi connectivity index (χ0) is 10.7. The number of hydrogen-bond donors (Lipinski definition) is 0. The molecule has 2 fully saturated rings. The summed E-state index contributed by atoms with van der Waals surface area (Å²) in [5, 5.41) is 0. The molecule has 0 aromatic carbocycles. The molecule has 0 N–H and O–H groups in total. The molecule has 2 rings (SSSR count). The number of hydrogen-bond acceptors (Lipinski definition) is 2. The summed E-state index contributed by atoms with van der Waals surface area (Å²) in [5.74, 6) is 7.05. The van der Waals surface area contributed by atoms with Crippen molar-refractivity contribution in [2.45, 2.75) is 32.7 Å². The number of piperazine rings is 1. The van der Waals surface area contributed by atoms with Crippen LogP contribution in [0.4, 0.5) is 0 Å². The van der Waals surface area contributed by atoms with Crippen LogP contribution in [-0.4, -0.2) is 48.6 Å². The highest BCUT2D eigenvalue weighted by molar-refractivity contribution is 5.04. The normalized spacial score (nSPS) is 27.5. The van der Waals surface area contributed by atoms with E-state index in [0.717, 1.165) is 12.6 Å². The van der Waals surface area contributed by atoms with Crippen LogP contribution in [0.5, 0.6) is 0 Å². The fourth-order valence-corrected chi connectivity index (χ4v) is 2.56. The standard InChI is InChI=1S/C13H22N2/c1-12(2)5-3-7-14-9-10-15-8-4-6-13(15)11-14/h12-13H,4,6-11H2,1-2H3. The summed E-state index contributed by atoms with van der Waals surface area (Å²) in [5.41, 5.74) is 0. The second-order valence-corrected chi connectivity index (χ2v) is 5.04. The lowest BCUT2D eigenvalue weighted by Crippen LogP contribution is -2.50. The van der Waals surface area contributed by atoms with Crippen molar-refractivity contribution in [1.82, 2.24) is 9.80 Å². The average molecular weight is 206 g/mol. The first-order valence-corrected chi connectivity index (χ1v) is 6.20. The third-order valence-electron chi connectivity index (χ3n) is 3.36. The summed E-state index contributed by atoms with van der Waals surface area (Å²) in [6.45, 7) is 10.3. The van der Waals surface area contributed by atoms with Gasteiger partial charge in [-0.05, 0) is 19.4 Å². The van der Waals surface area contributed by atoms with Gasteiger partial charge in [-0.15, -0.1) is 0 Å². The molecule has 2 aliphatic rings. The van der Waals surface area contributed by atoms with Gasteiger partial charge in [0.05, 0.1) is 6.54 Å². The van der Waals surface area contributed by atoms with Crippen molar-refractivity contribution in [1.29, 1.82) is 0 Å². The van der Waals surface area contributed by atoms with Gasteiger partial charge in [-0.1, -0.05) is 25.7 Å². The molecule has 0 saturated carbocycles. The predicted molar refractivity (Wildman–Crippen MR) is 63.6 cm³/mol. The Kier molecular flexibility index (Phi) is 3.66. The van der Waals surface area contributed by atoms with Gasteiger partial charge >= 0.3 is 0 Å². The topological polar surface area (TPSA) is 6.48 Å². The molecule has 2 heterocycles. The maximum absolute atomic E-state index is 3.29. The van der Waals surface area contributed by atoms with Gasteiger partial charge in [0.2, 0.25) is 0 Å². The molecule has 1 atom stereocenters. The number of nitrogens with zero attached hydrogens (tertiary/aromatic N) is 2. The zero-order valence-corrected chi connectivity index (χ0v) is 10.00. The molecule has 0 bridgehead atoms. The molecule has 0 radical (unpaired) electrons. The lowest BCUT2D eigenvalue weighted by Gasteiger charge is -2.36. The van der Waals surface area contributed by atoms with Crippen LogP contribution in [0.2, 0.25) is 0 Å². The number of fused-ring (bicyclic) bond motifs is 1. The maximum atomic E-state index is 3.29. The van der Waals surface area contributed by atoms with Gasteiger partial charge in [0, 0.05) is 31.6 Å². The summed E-state index contributed by atoms with van der Waals surface area (Å²) < 4.78 is 0. The summed E-state index contributed by atoms with van der Waals surface area (Å²) in [4.78, 5) is 5.16. The van der Waals surface area contributed by atoms with E-state index in [9.17, 15) is 0 Å². The minimum Gasteiger partial charge on any atom is -0.298 e. The highest BCUT2D eigenvalue weighted by Crippen LogP contribution is 2.20. The number of rotatable bonds is 1. The summed E-state index contributed by atoms with van der Waals surface area (Å²) in [6, 6.07) is 0.833. The minimum absolute atomic E-state index is 0.512. The molecule has 0 spiro atoms. The molecule has 0 aromatic rings. The monoisotopic (exact) mass is 206 g/mol. The molecule has 15 heavy (non-hydrogen) atoms. The molecule has 2 heteroatoms. The van der Waals surface area contributed by atoms with E-state index in [1.54, 1.807) is 0 Å². The Bertz CT molecular complexity index is 261. The van der Waals surface area contributed by atoms with Gasteiger partial charge in [0.25, 0.3) is 0 Å². The van der Waals surface area contributed by atoms with Gasteiger partial charge in [-0.25, -0.2) is 0 Å². The second-order valence-electron chi connectivity index (χ2n) is 5.04. The molecule has 0 aromatic heterocycles. The van der Waals surface area contributed by atoms with Crippen LogP contribution < -0.4 is 0 Å². The smallest absolute Gasteiger partial charge is 0.0602 e. The highest BCUT2D eigenvalue weighted by atomic mass is 15.3. The highest BCUT2D eigenvalue weighted by Gasteiger charge is 2.29. The molecule has 0 aliphatic carbocycles. The average Bonchev–Trinajstić information content (AvgIpc) is 2.64. The Labute approximate surface area is 93.6 Å². The van der Waals surface area contributed by atoms with E-state index in [-0.39, 0.29) is 0 Å². The summed E-state index contributed by atoms with van der Waals surface area (Å²) >= 11 is 0. The zero-order valence-electron chi connectivity index (χ0n) is 10.00. The molecule has 2 aliphatic heterocycles. The van der Waals surface area contributed by atoms with Crippen molar-refractivity contribution in [3.05, 3.63) is 0 Å². The van der Waals surface area contributed by atoms with Crippen LogP contribution >= 0.6 is 0 Å². The Morgan fingerprint density at radius 2 is 2.13 bits per heavy atom. The van der Waals surface area contributed by atoms with E-state index in [1.807, 2.05) is 0 Å². The fourth-order valence-electron chi connectivity index (χ4n) is 2.56. The lowest BCUT2D eigenvalue weighted by atomic mass is 10.1. The van der Waals surface area contributed by atoms with E-state index in [0.29, 0.717) is 5.92 Å². The van der Waals surface area contributed by atoms with Crippen LogP contribution in [-0.2, 0) is 0 Å². The van der Waals surface area contributed by atoms with E-state index in [2.05, 4.69) is 35.5 Å². The van der Waals surface area contributed by atoms with E-state index in [1.165, 1.54) is 39.0 Å². The molecule has 84 valence electrons. The third-order valence-corrected chi connectivity index (χ3v) is 3.36. The first-order chi connectivity index (χ1) is 7.25.